The quantitative estimate of drug-likeness (QED) is 0.131. The molecule has 248 valence electrons. The lowest BCUT2D eigenvalue weighted by molar-refractivity contribution is -0.148. The second-order valence-electron chi connectivity index (χ2n) is 13.8. The number of ether oxygens (including phenoxy) is 3. The standard InChI is InChI=1S/C35H43Br2N3O6/c1-21(2)18-26(31(41)44-9)38(19-27-29(36)22-14-10-12-16-24(22)39(27)32(42)45-34(3,4)5)20-28-30(37)23-15-11-13-17-25(23)40(28)33(43)46-35(6,7)8/h10-17,21,26H,18-20H2,1-9H3/t26-/m0/s1. The van der Waals surface area contributed by atoms with Gasteiger partial charge in [0.05, 0.1) is 29.5 Å². The molecule has 0 bridgehead atoms. The Labute approximate surface area is 287 Å². The van der Waals surface area contributed by atoms with Gasteiger partial charge in [0, 0.05) is 32.8 Å². The first-order chi connectivity index (χ1) is 21.4. The summed E-state index contributed by atoms with van der Waals surface area (Å²) in [6.07, 6.45) is -0.597. The molecule has 2 aromatic carbocycles. The minimum atomic E-state index is -0.739. The van der Waals surface area contributed by atoms with Crippen LogP contribution in [-0.4, -0.2) is 56.5 Å². The number of benzene rings is 2. The third kappa shape index (κ3) is 7.86. The van der Waals surface area contributed by atoms with Crippen LogP contribution in [-0.2, 0) is 32.1 Å². The Bertz CT molecular complexity index is 1650. The summed E-state index contributed by atoms with van der Waals surface area (Å²) in [4.78, 5) is 43.0. The van der Waals surface area contributed by atoms with Gasteiger partial charge in [0.2, 0.25) is 0 Å². The lowest BCUT2D eigenvalue weighted by atomic mass is 10.0. The molecule has 0 aliphatic carbocycles. The van der Waals surface area contributed by atoms with E-state index in [4.69, 9.17) is 14.2 Å². The number of methoxy groups -OCH3 is 1. The fraction of sp³-hybridized carbons (Fsp3) is 0.457. The lowest BCUT2D eigenvalue weighted by Gasteiger charge is -2.32. The van der Waals surface area contributed by atoms with Crippen molar-refractivity contribution < 1.29 is 28.6 Å². The lowest BCUT2D eigenvalue weighted by Crippen LogP contribution is -2.43. The van der Waals surface area contributed by atoms with Crippen LogP contribution in [0.5, 0.6) is 0 Å². The predicted octanol–water partition coefficient (Wildman–Crippen LogP) is 9.28. The molecule has 4 aromatic rings. The van der Waals surface area contributed by atoms with Crippen molar-refractivity contribution in [2.45, 2.75) is 92.1 Å². The average molecular weight is 762 g/mol. The molecular weight excluding hydrogens is 718 g/mol. The first-order valence-electron chi connectivity index (χ1n) is 15.3. The largest absolute Gasteiger partial charge is 0.468 e. The molecule has 11 heteroatoms. The molecule has 4 rings (SSSR count). The van der Waals surface area contributed by atoms with Gasteiger partial charge in [-0.1, -0.05) is 50.2 Å². The van der Waals surface area contributed by atoms with Gasteiger partial charge < -0.3 is 14.2 Å². The molecule has 0 fully saturated rings. The number of nitrogens with zero attached hydrogens (tertiary/aromatic N) is 3. The van der Waals surface area contributed by atoms with E-state index in [1.54, 1.807) is 9.13 Å². The van der Waals surface area contributed by atoms with E-state index < -0.39 is 35.4 Å². The third-order valence-corrected chi connectivity index (χ3v) is 9.05. The molecule has 1 atom stereocenters. The minimum Gasteiger partial charge on any atom is -0.468 e. The highest BCUT2D eigenvalue weighted by Gasteiger charge is 2.34. The Morgan fingerprint density at radius 3 is 1.48 bits per heavy atom. The van der Waals surface area contributed by atoms with Crippen LogP contribution in [0.1, 0.15) is 73.2 Å². The fourth-order valence-corrected chi connectivity index (χ4v) is 6.73. The van der Waals surface area contributed by atoms with E-state index >= 15 is 0 Å². The number of hydrogen-bond donors (Lipinski definition) is 0. The van der Waals surface area contributed by atoms with Crippen molar-refractivity contribution in [2.24, 2.45) is 5.92 Å². The maximum Gasteiger partial charge on any atom is 0.419 e. The average Bonchev–Trinajstić information content (AvgIpc) is 3.39. The van der Waals surface area contributed by atoms with E-state index in [1.165, 1.54) is 7.11 Å². The summed E-state index contributed by atoms with van der Waals surface area (Å²) in [6, 6.07) is 14.4. The van der Waals surface area contributed by atoms with Crippen molar-refractivity contribution in [3.8, 4) is 0 Å². The normalized spacial score (nSPS) is 13.1. The van der Waals surface area contributed by atoms with Crippen LogP contribution >= 0.6 is 31.9 Å². The summed E-state index contributed by atoms with van der Waals surface area (Å²) in [6.45, 7) is 15.3. The van der Waals surface area contributed by atoms with Crippen molar-refractivity contribution in [2.75, 3.05) is 7.11 Å². The smallest absolute Gasteiger partial charge is 0.419 e. The number of fused-ring (bicyclic) bond motifs is 2. The van der Waals surface area contributed by atoms with Gasteiger partial charge in [-0.15, -0.1) is 0 Å². The van der Waals surface area contributed by atoms with Gasteiger partial charge in [-0.05, 0) is 97.9 Å². The Morgan fingerprint density at radius 2 is 1.13 bits per heavy atom. The summed E-state index contributed by atoms with van der Waals surface area (Å²) in [5.41, 5.74) is 1.06. The monoisotopic (exact) mass is 759 g/mol. The molecule has 0 saturated carbocycles. The second-order valence-corrected chi connectivity index (χ2v) is 15.3. The molecule has 0 aliphatic rings. The number of para-hydroxylation sites is 2. The fourth-order valence-electron chi connectivity index (χ4n) is 5.46. The van der Waals surface area contributed by atoms with Crippen molar-refractivity contribution in [1.29, 1.82) is 0 Å². The number of halogens is 2. The maximum atomic E-state index is 13.8. The van der Waals surface area contributed by atoms with Gasteiger partial charge in [0.25, 0.3) is 0 Å². The Kier molecular flexibility index (Phi) is 10.8. The van der Waals surface area contributed by atoms with Crippen molar-refractivity contribution >= 4 is 71.8 Å². The Morgan fingerprint density at radius 1 is 0.739 bits per heavy atom. The molecule has 0 amide bonds. The van der Waals surface area contributed by atoms with Crippen molar-refractivity contribution in [3.05, 3.63) is 68.9 Å². The van der Waals surface area contributed by atoms with Crippen LogP contribution in [0, 0.1) is 5.92 Å². The summed E-state index contributed by atoms with van der Waals surface area (Å²) in [5.74, 6) is -0.285. The Hall–Kier alpha value is -3.15. The predicted molar refractivity (Wildman–Crippen MR) is 187 cm³/mol. The molecule has 2 heterocycles. The van der Waals surface area contributed by atoms with Crippen LogP contribution in [0.2, 0.25) is 0 Å². The highest BCUT2D eigenvalue weighted by Crippen LogP contribution is 2.37. The van der Waals surface area contributed by atoms with Crippen LogP contribution in [0.15, 0.2) is 57.5 Å². The van der Waals surface area contributed by atoms with E-state index in [1.807, 2.05) is 109 Å². The van der Waals surface area contributed by atoms with E-state index in [9.17, 15) is 14.4 Å². The molecule has 0 N–H and O–H groups in total. The van der Waals surface area contributed by atoms with E-state index in [0.29, 0.717) is 37.8 Å². The van der Waals surface area contributed by atoms with Crippen LogP contribution in [0.4, 0.5) is 9.59 Å². The third-order valence-electron chi connectivity index (χ3n) is 7.28. The van der Waals surface area contributed by atoms with Gasteiger partial charge in [-0.3, -0.25) is 9.69 Å². The number of carbonyl (C=O) groups excluding carboxylic acids is 3. The van der Waals surface area contributed by atoms with Crippen molar-refractivity contribution in [3.63, 3.8) is 0 Å². The van der Waals surface area contributed by atoms with Crippen molar-refractivity contribution in [1.82, 2.24) is 14.0 Å². The Balaban J connectivity index is 1.95. The molecule has 2 aromatic heterocycles. The first-order valence-corrected chi connectivity index (χ1v) is 16.9. The summed E-state index contributed by atoms with van der Waals surface area (Å²) in [5, 5.41) is 1.65. The first kappa shape index (κ1) is 35.7. The van der Waals surface area contributed by atoms with Gasteiger partial charge in [0.15, 0.2) is 0 Å². The summed E-state index contributed by atoms with van der Waals surface area (Å²) >= 11 is 7.54. The van der Waals surface area contributed by atoms with Gasteiger partial charge in [-0.25, -0.2) is 18.7 Å². The number of carbonyl (C=O) groups is 3. The number of esters is 1. The second kappa shape index (κ2) is 13.9. The summed E-state index contributed by atoms with van der Waals surface area (Å²) in [7, 11) is 1.37. The van der Waals surface area contributed by atoms with E-state index in [0.717, 1.165) is 10.8 Å². The maximum absolute atomic E-state index is 13.8. The number of aromatic nitrogens is 2. The van der Waals surface area contributed by atoms with Gasteiger partial charge in [-0.2, -0.15) is 0 Å². The molecule has 9 nitrogen and oxygen atoms in total. The summed E-state index contributed by atoms with van der Waals surface area (Å²) < 4.78 is 21.6. The molecular formula is C35H43Br2N3O6. The molecule has 0 spiro atoms. The van der Waals surface area contributed by atoms with E-state index in [-0.39, 0.29) is 19.0 Å². The molecule has 0 saturated heterocycles. The van der Waals surface area contributed by atoms with Crippen LogP contribution in [0.25, 0.3) is 21.8 Å². The molecule has 0 radical (unpaired) electrons. The SMILES string of the molecule is COC(=O)[C@H](CC(C)C)N(Cc1c(Br)c2ccccc2n1C(=O)OC(C)(C)C)Cc1c(Br)c2ccccc2n1C(=O)OC(C)(C)C. The van der Waals surface area contributed by atoms with E-state index in [2.05, 4.69) is 31.9 Å². The van der Waals surface area contributed by atoms with Crippen LogP contribution in [0.3, 0.4) is 0 Å². The highest BCUT2D eigenvalue weighted by atomic mass is 79.9. The highest BCUT2D eigenvalue weighted by molar-refractivity contribution is 9.11. The molecule has 0 aliphatic heterocycles. The molecule has 46 heavy (non-hydrogen) atoms. The molecule has 0 unspecified atom stereocenters. The minimum absolute atomic E-state index is 0.131. The van der Waals surface area contributed by atoms with Gasteiger partial charge in [0.1, 0.15) is 17.2 Å². The zero-order valence-corrected chi connectivity index (χ0v) is 31.1. The zero-order valence-electron chi connectivity index (χ0n) is 27.9. The van der Waals surface area contributed by atoms with Gasteiger partial charge >= 0.3 is 18.2 Å². The number of rotatable bonds is 8. The number of hydrogen-bond acceptors (Lipinski definition) is 7. The van der Waals surface area contributed by atoms with Crippen LogP contribution < -0.4 is 0 Å². The topological polar surface area (TPSA) is 92.0 Å². The zero-order chi connectivity index (χ0) is 34.1.